The molecule has 0 bridgehead atoms. The van der Waals surface area contributed by atoms with Crippen LogP contribution in [0.5, 0.6) is 0 Å². The van der Waals surface area contributed by atoms with Crippen molar-refractivity contribution in [2.45, 2.75) is 52.1 Å². The van der Waals surface area contributed by atoms with Crippen LogP contribution in [0.25, 0.3) is 0 Å². The molecule has 1 saturated heterocycles. The van der Waals surface area contributed by atoms with Gasteiger partial charge in [-0.15, -0.1) is 11.3 Å². The van der Waals surface area contributed by atoms with Gasteiger partial charge < -0.3 is 5.73 Å². The first-order valence-electron chi connectivity index (χ1n) is 7.15. The summed E-state index contributed by atoms with van der Waals surface area (Å²) in [5, 5.41) is 0. The second-order valence-electron chi connectivity index (χ2n) is 5.72. The van der Waals surface area contributed by atoms with Crippen molar-refractivity contribution in [1.29, 1.82) is 0 Å². The van der Waals surface area contributed by atoms with Crippen LogP contribution in [-0.4, -0.2) is 24.0 Å². The summed E-state index contributed by atoms with van der Waals surface area (Å²) in [6.07, 6.45) is 3.92. The van der Waals surface area contributed by atoms with Crippen LogP contribution in [-0.2, 0) is 0 Å². The zero-order valence-electron chi connectivity index (χ0n) is 11.9. The Balaban J connectivity index is 2.32. The highest BCUT2D eigenvalue weighted by atomic mass is 32.1. The minimum absolute atomic E-state index is 0.538. The third kappa shape index (κ3) is 2.95. The van der Waals surface area contributed by atoms with Crippen molar-refractivity contribution in [2.24, 2.45) is 11.7 Å². The molecule has 1 aliphatic heterocycles. The van der Waals surface area contributed by atoms with Gasteiger partial charge in [0.2, 0.25) is 0 Å². The molecular weight excluding hydrogens is 240 g/mol. The lowest BCUT2D eigenvalue weighted by atomic mass is 9.93. The minimum Gasteiger partial charge on any atom is -0.330 e. The molecule has 2 N–H and O–H groups in total. The van der Waals surface area contributed by atoms with Gasteiger partial charge in [0.05, 0.1) is 0 Å². The number of likely N-dealkylation sites (tertiary alicyclic amines) is 1. The monoisotopic (exact) mass is 266 g/mol. The first-order valence-corrected chi connectivity index (χ1v) is 7.97. The van der Waals surface area contributed by atoms with Crippen molar-refractivity contribution < 1.29 is 0 Å². The van der Waals surface area contributed by atoms with Gasteiger partial charge in [-0.1, -0.05) is 6.42 Å². The van der Waals surface area contributed by atoms with E-state index in [0.29, 0.717) is 18.0 Å². The maximum atomic E-state index is 6.05. The summed E-state index contributed by atoms with van der Waals surface area (Å²) in [7, 11) is 0. The summed E-state index contributed by atoms with van der Waals surface area (Å²) in [5.41, 5.74) is 6.05. The van der Waals surface area contributed by atoms with Crippen molar-refractivity contribution in [3.8, 4) is 0 Å². The lowest BCUT2D eigenvalue weighted by Crippen LogP contribution is -2.39. The minimum atomic E-state index is 0.538. The number of thiophene rings is 1. The fourth-order valence-electron chi connectivity index (χ4n) is 3.10. The smallest absolute Gasteiger partial charge is 0.0484 e. The molecular formula is C15H26N2S. The summed E-state index contributed by atoms with van der Waals surface area (Å²) in [6.45, 7) is 8.85. The van der Waals surface area contributed by atoms with Gasteiger partial charge in [0.1, 0.15) is 0 Å². The highest BCUT2D eigenvalue weighted by Crippen LogP contribution is 2.38. The average molecular weight is 266 g/mol. The number of hydrogen-bond donors (Lipinski definition) is 1. The quantitative estimate of drug-likeness (QED) is 0.906. The molecule has 102 valence electrons. The Morgan fingerprint density at radius 1 is 1.39 bits per heavy atom. The molecule has 1 aliphatic rings. The summed E-state index contributed by atoms with van der Waals surface area (Å²) >= 11 is 1.95. The molecule has 0 spiro atoms. The lowest BCUT2D eigenvalue weighted by Gasteiger charge is -2.37. The Kier molecular flexibility index (Phi) is 4.82. The Bertz CT molecular complexity index is 372. The van der Waals surface area contributed by atoms with E-state index in [1.54, 1.807) is 0 Å². The van der Waals surface area contributed by atoms with Crippen LogP contribution >= 0.6 is 11.3 Å². The van der Waals surface area contributed by atoms with E-state index < -0.39 is 0 Å². The molecule has 0 amide bonds. The molecule has 2 unspecified atom stereocenters. The van der Waals surface area contributed by atoms with Crippen LogP contribution < -0.4 is 5.73 Å². The normalized spacial score (nSPS) is 26.5. The molecule has 0 saturated carbocycles. The van der Waals surface area contributed by atoms with Gasteiger partial charge in [-0.25, -0.2) is 0 Å². The molecule has 18 heavy (non-hydrogen) atoms. The van der Waals surface area contributed by atoms with Gasteiger partial charge in [0.15, 0.2) is 0 Å². The average Bonchev–Trinajstić information content (AvgIpc) is 2.64. The van der Waals surface area contributed by atoms with Gasteiger partial charge >= 0.3 is 0 Å². The van der Waals surface area contributed by atoms with Crippen LogP contribution in [0.15, 0.2) is 12.1 Å². The zero-order chi connectivity index (χ0) is 13.1. The van der Waals surface area contributed by atoms with E-state index in [0.717, 1.165) is 6.54 Å². The zero-order valence-corrected chi connectivity index (χ0v) is 12.7. The van der Waals surface area contributed by atoms with Crippen LogP contribution in [0.4, 0.5) is 0 Å². The molecule has 2 rings (SSSR count). The highest BCUT2D eigenvalue weighted by Gasteiger charge is 2.32. The van der Waals surface area contributed by atoms with Crippen LogP contribution in [0.1, 0.15) is 48.9 Å². The Hall–Kier alpha value is -0.380. The molecule has 0 radical (unpaired) electrons. The van der Waals surface area contributed by atoms with E-state index in [1.165, 1.54) is 35.6 Å². The Morgan fingerprint density at radius 3 is 2.72 bits per heavy atom. The van der Waals surface area contributed by atoms with Crippen molar-refractivity contribution in [3.63, 3.8) is 0 Å². The Labute approximate surface area is 115 Å². The van der Waals surface area contributed by atoms with Crippen LogP contribution in [0, 0.1) is 12.8 Å². The van der Waals surface area contributed by atoms with Gasteiger partial charge in [-0.3, -0.25) is 4.90 Å². The summed E-state index contributed by atoms with van der Waals surface area (Å²) in [6, 6.07) is 5.70. The maximum Gasteiger partial charge on any atom is 0.0484 e. The van der Waals surface area contributed by atoms with Crippen molar-refractivity contribution in [3.05, 3.63) is 21.9 Å². The number of aryl methyl sites for hydroxylation is 1. The molecule has 2 heterocycles. The van der Waals surface area contributed by atoms with E-state index in [-0.39, 0.29) is 0 Å². The first-order chi connectivity index (χ1) is 8.63. The molecule has 2 atom stereocenters. The highest BCUT2D eigenvalue weighted by molar-refractivity contribution is 7.12. The van der Waals surface area contributed by atoms with Crippen molar-refractivity contribution in [2.75, 3.05) is 13.1 Å². The van der Waals surface area contributed by atoms with E-state index in [2.05, 4.69) is 37.8 Å². The largest absolute Gasteiger partial charge is 0.330 e. The van der Waals surface area contributed by atoms with Gasteiger partial charge in [-0.2, -0.15) is 0 Å². The second-order valence-corrected chi connectivity index (χ2v) is 7.04. The number of nitrogens with zero attached hydrogens (tertiary/aromatic N) is 1. The molecule has 1 aromatic heterocycles. The third-order valence-electron chi connectivity index (χ3n) is 4.06. The van der Waals surface area contributed by atoms with Gasteiger partial charge in [0.25, 0.3) is 0 Å². The number of rotatable bonds is 3. The lowest BCUT2D eigenvalue weighted by molar-refractivity contribution is 0.124. The fourth-order valence-corrected chi connectivity index (χ4v) is 4.20. The fraction of sp³-hybridized carbons (Fsp3) is 0.733. The van der Waals surface area contributed by atoms with Gasteiger partial charge in [-0.05, 0) is 64.8 Å². The summed E-state index contributed by atoms with van der Waals surface area (Å²) in [4.78, 5) is 5.59. The topological polar surface area (TPSA) is 29.3 Å². The predicted octanol–water partition coefficient (Wildman–Crippen LogP) is 3.57. The third-order valence-corrected chi connectivity index (χ3v) is 5.14. The maximum absolute atomic E-state index is 6.05. The summed E-state index contributed by atoms with van der Waals surface area (Å²) in [5.74, 6) is 0.618. The first kappa shape index (κ1) is 14.0. The number of hydrogen-bond acceptors (Lipinski definition) is 3. The van der Waals surface area contributed by atoms with Crippen LogP contribution in [0.3, 0.4) is 0 Å². The van der Waals surface area contributed by atoms with Crippen LogP contribution in [0.2, 0.25) is 0 Å². The molecule has 1 aromatic rings. The molecule has 2 nitrogen and oxygen atoms in total. The van der Waals surface area contributed by atoms with E-state index in [1.807, 2.05) is 11.3 Å². The van der Waals surface area contributed by atoms with Crippen molar-refractivity contribution >= 4 is 11.3 Å². The molecule has 0 aliphatic carbocycles. The van der Waals surface area contributed by atoms with Gasteiger partial charge in [0, 0.05) is 21.8 Å². The molecule has 1 fully saturated rings. The number of nitrogens with two attached hydrogens (primary N) is 1. The van der Waals surface area contributed by atoms with E-state index >= 15 is 0 Å². The molecule has 3 heteroatoms. The predicted molar refractivity (Wildman–Crippen MR) is 80.0 cm³/mol. The van der Waals surface area contributed by atoms with E-state index in [4.69, 9.17) is 5.73 Å². The summed E-state index contributed by atoms with van der Waals surface area (Å²) < 4.78 is 0. The SMILES string of the molecule is Cc1ccc(C2C(CN)CCCCN2C(C)C)s1. The second kappa shape index (κ2) is 6.18. The van der Waals surface area contributed by atoms with Crippen molar-refractivity contribution in [1.82, 2.24) is 4.90 Å². The Morgan fingerprint density at radius 2 is 2.17 bits per heavy atom. The standard InChI is InChI=1S/C15H26N2S/c1-11(2)17-9-5-4-6-13(10-16)15(17)14-8-7-12(3)18-14/h7-8,11,13,15H,4-6,9-10,16H2,1-3H3. The van der Waals surface area contributed by atoms with E-state index in [9.17, 15) is 0 Å². The molecule has 0 aromatic carbocycles.